The number of aromatic nitrogens is 2. The molecule has 0 saturated carbocycles. The predicted molar refractivity (Wildman–Crippen MR) is 102 cm³/mol. The molecule has 1 aliphatic heterocycles. The van der Waals surface area contributed by atoms with Gasteiger partial charge in [-0.25, -0.2) is 15.1 Å². The van der Waals surface area contributed by atoms with Crippen LogP contribution in [0.4, 0.5) is 5.82 Å². The van der Waals surface area contributed by atoms with Crippen LogP contribution in [0.25, 0.3) is 0 Å². The van der Waals surface area contributed by atoms with E-state index in [1.807, 2.05) is 6.92 Å². The fraction of sp³-hybridized carbons (Fsp3) is 0.722. The van der Waals surface area contributed by atoms with Gasteiger partial charge in [0.15, 0.2) is 12.0 Å². The molecule has 0 aliphatic carbocycles. The number of rotatable bonds is 11. The van der Waals surface area contributed by atoms with Crippen LogP contribution >= 0.6 is 0 Å². The summed E-state index contributed by atoms with van der Waals surface area (Å²) in [5.74, 6) is -0.668. The minimum atomic E-state index is -1.42. The van der Waals surface area contributed by atoms with Crippen LogP contribution in [0.1, 0.15) is 26.0 Å². The average molecular weight is 431 g/mol. The lowest BCUT2D eigenvalue weighted by Gasteiger charge is -2.29. The van der Waals surface area contributed by atoms with Gasteiger partial charge >= 0.3 is 11.7 Å². The van der Waals surface area contributed by atoms with Gasteiger partial charge in [-0.05, 0) is 6.42 Å². The molecule has 0 bridgehead atoms. The molecule has 1 aliphatic rings. The van der Waals surface area contributed by atoms with Crippen molar-refractivity contribution in [3.8, 4) is 0 Å². The third-order valence-corrected chi connectivity index (χ3v) is 4.87. The van der Waals surface area contributed by atoms with E-state index in [1.54, 1.807) is 0 Å². The van der Waals surface area contributed by atoms with Crippen LogP contribution in [-0.2, 0) is 23.8 Å². The smallest absolute Gasteiger partial charge is 0.351 e. The first kappa shape index (κ1) is 24.2. The number of anilines is 1. The third kappa shape index (κ3) is 5.14. The first-order chi connectivity index (χ1) is 14.3. The van der Waals surface area contributed by atoms with Crippen molar-refractivity contribution < 1.29 is 39.2 Å². The Balaban J connectivity index is 2.10. The van der Waals surface area contributed by atoms with Gasteiger partial charge in [-0.3, -0.25) is 4.57 Å². The van der Waals surface area contributed by atoms with Crippen molar-refractivity contribution in [1.29, 1.82) is 0 Å². The highest BCUT2D eigenvalue weighted by molar-refractivity contribution is 5.78. The van der Waals surface area contributed by atoms with Crippen molar-refractivity contribution in [3.05, 3.63) is 22.7 Å². The van der Waals surface area contributed by atoms with E-state index in [9.17, 15) is 19.8 Å². The number of carbonyl (C=O) groups excluding carboxylic acids is 1. The molecule has 12 heteroatoms. The van der Waals surface area contributed by atoms with Gasteiger partial charge in [-0.2, -0.15) is 4.98 Å². The summed E-state index contributed by atoms with van der Waals surface area (Å²) in [6.07, 6.45) is -2.58. The Morgan fingerprint density at radius 2 is 1.97 bits per heavy atom. The summed E-state index contributed by atoms with van der Waals surface area (Å²) < 4.78 is 16.6. The Labute approximate surface area is 173 Å². The normalized spacial score (nSPS) is 24.1. The molecule has 170 valence electrons. The van der Waals surface area contributed by atoms with Gasteiger partial charge in [0.1, 0.15) is 23.7 Å². The van der Waals surface area contributed by atoms with E-state index in [4.69, 9.17) is 24.2 Å². The van der Waals surface area contributed by atoms with Gasteiger partial charge < -0.3 is 34.4 Å². The molecule has 0 amide bonds. The van der Waals surface area contributed by atoms with Gasteiger partial charge in [0.2, 0.25) is 0 Å². The van der Waals surface area contributed by atoms with Crippen molar-refractivity contribution in [3.63, 3.8) is 0 Å². The number of aliphatic hydroxyl groups excluding tert-OH is 3. The number of ether oxygens (including phenoxy) is 3. The SMILES string of the molecule is CCCC(COC)(COC)C(=O)ONc1ccn([C@@H]2O[C@H](CO)[C@@H](O)[C@H]2O)c(=O)n1. The van der Waals surface area contributed by atoms with Crippen LogP contribution in [0, 0.1) is 5.41 Å². The monoisotopic (exact) mass is 431 g/mol. The predicted octanol–water partition coefficient (Wildman–Crippen LogP) is -1.20. The molecule has 4 N–H and O–H groups in total. The molecular weight excluding hydrogens is 402 g/mol. The lowest BCUT2D eigenvalue weighted by atomic mass is 9.85. The van der Waals surface area contributed by atoms with Crippen molar-refractivity contribution in [2.24, 2.45) is 5.41 Å². The molecule has 4 atom stereocenters. The van der Waals surface area contributed by atoms with Crippen molar-refractivity contribution >= 4 is 11.8 Å². The summed E-state index contributed by atoms with van der Waals surface area (Å²) in [6.45, 7) is 1.58. The van der Waals surface area contributed by atoms with E-state index in [1.165, 1.54) is 26.5 Å². The number of carbonyl (C=O) groups is 1. The van der Waals surface area contributed by atoms with Gasteiger partial charge in [-0.15, -0.1) is 0 Å². The lowest BCUT2D eigenvalue weighted by molar-refractivity contribution is -0.161. The fourth-order valence-corrected chi connectivity index (χ4v) is 3.42. The quantitative estimate of drug-likeness (QED) is 0.312. The topological polar surface area (TPSA) is 162 Å². The maximum absolute atomic E-state index is 12.7. The van der Waals surface area contributed by atoms with Crippen LogP contribution in [0.2, 0.25) is 0 Å². The number of hydrogen-bond acceptors (Lipinski definition) is 11. The van der Waals surface area contributed by atoms with Gasteiger partial charge in [0, 0.05) is 26.5 Å². The second-order valence-corrected chi connectivity index (χ2v) is 7.12. The maximum atomic E-state index is 12.7. The highest BCUT2D eigenvalue weighted by atomic mass is 16.7. The van der Waals surface area contributed by atoms with Gasteiger partial charge in [-0.1, -0.05) is 13.3 Å². The second-order valence-electron chi connectivity index (χ2n) is 7.12. The third-order valence-electron chi connectivity index (χ3n) is 4.87. The summed E-state index contributed by atoms with van der Waals surface area (Å²) in [6, 6.07) is 1.33. The van der Waals surface area contributed by atoms with Crippen molar-refractivity contribution in [2.45, 2.75) is 44.3 Å². The minimum absolute atomic E-state index is 0.0448. The number of hydrogen-bond donors (Lipinski definition) is 4. The summed E-state index contributed by atoms with van der Waals surface area (Å²) in [4.78, 5) is 33.8. The molecule has 2 heterocycles. The summed E-state index contributed by atoms with van der Waals surface area (Å²) in [5.41, 5.74) is 0.509. The summed E-state index contributed by atoms with van der Waals surface area (Å²) in [5, 5.41) is 29.0. The minimum Gasteiger partial charge on any atom is -0.394 e. The Kier molecular flexibility index (Phi) is 8.70. The van der Waals surface area contributed by atoms with E-state index >= 15 is 0 Å². The first-order valence-corrected chi connectivity index (χ1v) is 9.50. The lowest BCUT2D eigenvalue weighted by Crippen LogP contribution is -2.42. The van der Waals surface area contributed by atoms with E-state index in [-0.39, 0.29) is 19.0 Å². The molecule has 0 unspecified atom stereocenters. The van der Waals surface area contributed by atoms with Crippen LogP contribution in [-0.4, -0.2) is 83.2 Å². The molecule has 30 heavy (non-hydrogen) atoms. The van der Waals surface area contributed by atoms with Crippen LogP contribution in [0.5, 0.6) is 0 Å². The van der Waals surface area contributed by atoms with Gasteiger partial charge in [0.05, 0.1) is 19.8 Å². The molecule has 0 radical (unpaired) electrons. The van der Waals surface area contributed by atoms with E-state index in [0.29, 0.717) is 12.8 Å². The molecular formula is C18H29N3O9. The maximum Gasteiger partial charge on any atom is 0.351 e. The second kappa shape index (κ2) is 10.8. The zero-order valence-electron chi connectivity index (χ0n) is 17.2. The highest BCUT2D eigenvalue weighted by Crippen LogP contribution is 2.29. The number of nitrogens with one attached hydrogen (secondary N) is 1. The first-order valence-electron chi connectivity index (χ1n) is 9.50. The Morgan fingerprint density at radius 1 is 1.30 bits per heavy atom. The Bertz CT molecular complexity index is 740. The summed E-state index contributed by atoms with van der Waals surface area (Å²) in [7, 11) is 2.94. The zero-order valence-corrected chi connectivity index (χ0v) is 17.2. The number of nitrogens with zero attached hydrogens (tertiary/aromatic N) is 2. The molecule has 1 aromatic rings. The largest absolute Gasteiger partial charge is 0.394 e. The molecule has 2 rings (SSSR count). The van der Waals surface area contributed by atoms with E-state index in [2.05, 4.69) is 10.5 Å². The molecule has 1 fully saturated rings. The molecule has 1 aromatic heterocycles. The Hall–Kier alpha value is -2.09. The summed E-state index contributed by atoms with van der Waals surface area (Å²) >= 11 is 0. The number of aliphatic hydroxyl groups is 3. The zero-order chi connectivity index (χ0) is 22.3. The van der Waals surface area contributed by atoms with Crippen molar-refractivity contribution in [2.75, 3.05) is 39.5 Å². The molecule has 1 saturated heterocycles. The molecule has 0 aromatic carbocycles. The standard InChI is InChI=1S/C18H29N3O9/c1-4-6-18(9-27-2,10-28-3)16(25)30-20-12-5-7-21(17(26)19-12)15-14(24)13(23)11(8-22)29-15/h5,7,11,13-15,22-24H,4,6,8-10H2,1-3H3,(H,19,20,26)/t11-,13-,14-,15-/m1/s1. The van der Waals surface area contributed by atoms with E-state index < -0.39 is 48.2 Å². The van der Waals surface area contributed by atoms with E-state index in [0.717, 1.165) is 4.57 Å². The van der Waals surface area contributed by atoms with Crippen molar-refractivity contribution in [1.82, 2.24) is 9.55 Å². The van der Waals surface area contributed by atoms with Gasteiger partial charge in [0.25, 0.3) is 0 Å². The Morgan fingerprint density at radius 3 is 2.47 bits per heavy atom. The van der Waals surface area contributed by atoms with Crippen LogP contribution < -0.4 is 11.2 Å². The number of methoxy groups -OCH3 is 2. The highest BCUT2D eigenvalue weighted by Gasteiger charge is 2.44. The molecule has 12 nitrogen and oxygen atoms in total. The average Bonchev–Trinajstić information content (AvgIpc) is 3.01. The van der Waals surface area contributed by atoms with Crippen LogP contribution in [0.3, 0.4) is 0 Å². The fourth-order valence-electron chi connectivity index (χ4n) is 3.42. The molecule has 0 spiro atoms. The van der Waals surface area contributed by atoms with Crippen LogP contribution in [0.15, 0.2) is 17.1 Å².